The maximum absolute atomic E-state index is 13.0. The van der Waals surface area contributed by atoms with Gasteiger partial charge in [0.05, 0.1) is 17.4 Å². The fourth-order valence-corrected chi connectivity index (χ4v) is 2.20. The molecule has 1 heterocycles. The summed E-state index contributed by atoms with van der Waals surface area (Å²) in [6.45, 7) is 0.432. The summed E-state index contributed by atoms with van der Waals surface area (Å²) >= 11 is 0. The zero-order valence-corrected chi connectivity index (χ0v) is 11.8. The van der Waals surface area contributed by atoms with Crippen molar-refractivity contribution < 1.29 is 9.18 Å². The molecule has 3 N–H and O–H groups in total. The highest BCUT2D eigenvalue weighted by Crippen LogP contribution is 2.15. The number of aromatic amines is 1. The Bertz CT molecular complexity index is 799. The lowest BCUT2D eigenvalue weighted by atomic mass is 10.1. The van der Waals surface area contributed by atoms with Crippen molar-refractivity contribution in [1.29, 1.82) is 0 Å². The molecule has 0 saturated heterocycles. The fraction of sp³-hybridized carbons (Fsp3) is 0.125. The van der Waals surface area contributed by atoms with Gasteiger partial charge < -0.3 is 15.6 Å². The maximum Gasteiger partial charge on any atom is 0.319 e. The van der Waals surface area contributed by atoms with Gasteiger partial charge in [0, 0.05) is 12.2 Å². The van der Waals surface area contributed by atoms with Crippen molar-refractivity contribution in [3.8, 4) is 0 Å². The number of urea groups is 1. The molecule has 6 heteroatoms. The van der Waals surface area contributed by atoms with Crippen molar-refractivity contribution in [1.82, 2.24) is 15.3 Å². The lowest BCUT2D eigenvalue weighted by molar-refractivity contribution is 0.252. The molecular weight excluding hydrogens is 283 g/mol. The van der Waals surface area contributed by atoms with Crippen molar-refractivity contribution in [2.24, 2.45) is 0 Å². The Balaban J connectivity index is 1.51. The van der Waals surface area contributed by atoms with E-state index in [2.05, 4.69) is 20.6 Å². The van der Waals surface area contributed by atoms with E-state index >= 15 is 0 Å². The topological polar surface area (TPSA) is 69.8 Å². The van der Waals surface area contributed by atoms with E-state index in [1.54, 1.807) is 18.5 Å². The van der Waals surface area contributed by atoms with E-state index in [1.165, 1.54) is 12.1 Å². The third-order valence-electron chi connectivity index (χ3n) is 3.27. The predicted molar refractivity (Wildman–Crippen MR) is 83.2 cm³/mol. The summed E-state index contributed by atoms with van der Waals surface area (Å²) in [7, 11) is 0. The third kappa shape index (κ3) is 3.41. The highest BCUT2D eigenvalue weighted by Gasteiger charge is 2.03. The molecule has 0 spiro atoms. The lowest BCUT2D eigenvalue weighted by Gasteiger charge is -2.08. The molecule has 0 radical (unpaired) electrons. The van der Waals surface area contributed by atoms with E-state index in [-0.39, 0.29) is 11.8 Å². The van der Waals surface area contributed by atoms with Crippen LogP contribution < -0.4 is 10.6 Å². The molecule has 22 heavy (non-hydrogen) atoms. The molecule has 0 atom stereocenters. The Kier molecular flexibility index (Phi) is 4.00. The number of carbonyl (C=O) groups excluding carboxylic acids is 1. The number of anilines is 1. The Morgan fingerprint density at radius 3 is 3.00 bits per heavy atom. The molecule has 112 valence electrons. The molecule has 0 aliphatic heterocycles. The van der Waals surface area contributed by atoms with Gasteiger partial charge in [-0.25, -0.2) is 14.2 Å². The summed E-state index contributed by atoms with van der Waals surface area (Å²) in [5, 5.41) is 5.49. The number of halogens is 1. The number of imidazole rings is 1. The average molecular weight is 298 g/mol. The SMILES string of the molecule is O=C(NCCc1cccc(F)c1)Nc1ccc2nc[nH]c2c1. The Morgan fingerprint density at radius 2 is 2.14 bits per heavy atom. The third-order valence-corrected chi connectivity index (χ3v) is 3.27. The zero-order valence-electron chi connectivity index (χ0n) is 11.8. The molecule has 0 fully saturated rings. The van der Waals surface area contributed by atoms with Gasteiger partial charge in [0.1, 0.15) is 5.82 Å². The minimum atomic E-state index is -0.296. The highest BCUT2D eigenvalue weighted by atomic mass is 19.1. The van der Waals surface area contributed by atoms with Gasteiger partial charge in [0.25, 0.3) is 0 Å². The molecule has 3 rings (SSSR count). The molecule has 2 aromatic carbocycles. The van der Waals surface area contributed by atoms with Gasteiger partial charge in [-0.3, -0.25) is 0 Å². The molecule has 2 amide bonds. The van der Waals surface area contributed by atoms with Gasteiger partial charge >= 0.3 is 6.03 Å². The normalized spacial score (nSPS) is 10.6. The van der Waals surface area contributed by atoms with Crippen LogP contribution in [0.15, 0.2) is 48.8 Å². The summed E-state index contributed by atoms with van der Waals surface area (Å²) in [5.74, 6) is -0.269. The van der Waals surface area contributed by atoms with Crippen LogP contribution >= 0.6 is 0 Å². The van der Waals surface area contributed by atoms with Crippen LogP contribution in [0.25, 0.3) is 11.0 Å². The molecule has 0 aliphatic rings. The first-order valence-electron chi connectivity index (χ1n) is 6.93. The van der Waals surface area contributed by atoms with Crippen molar-refractivity contribution in [2.45, 2.75) is 6.42 Å². The quantitative estimate of drug-likeness (QED) is 0.693. The van der Waals surface area contributed by atoms with Crippen LogP contribution in [0.4, 0.5) is 14.9 Å². The smallest absolute Gasteiger partial charge is 0.319 e. The second-order valence-electron chi connectivity index (χ2n) is 4.90. The van der Waals surface area contributed by atoms with Gasteiger partial charge in [-0.05, 0) is 42.3 Å². The molecule has 0 aliphatic carbocycles. The van der Waals surface area contributed by atoms with E-state index < -0.39 is 0 Å². The van der Waals surface area contributed by atoms with Crippen LogP contribution in [-0.2, 0) is 6.42 Å². The summed E-state index contributed by atoms with van der Waals surface area (Å²) in [4.78, 5) is 18.9. The minimum Gasteiger partial charge on any atom is -0.345 e. The van der Waals surface area contributed by atoms with Crippen molar-refractivity contribution in [3.63, 3.8) is 0 Å². The molecule has 0 saturated carbocycles. The first kappa shape index (κ1) is 14.1. The predicted octanol–water partition coefficient (Wildman–Crippen LogP) is 3.07. The number of fused-ring (bicyclic) bond motifs is 1. The highest BCUT2D eigenvalue weighted by molar-refractivity contribution is 5.91. The Hall–Kier alpha value is -2.89. The number of aromatic nitrogens is 2. The zero-order chi connectivity index (χ0) is 15.4. The monoisotopic (exact) mass is 298 g/mol. The maximum atomic E-state index is 13.0. The van der Waals surface area contributed by atoms with Crippen LogP contribution in [0.5, 0.6) is 0 Å². The minimum absolute atomic E-state index is 0.269. The molecule has 1 aromatic heterocycles. The van der Waals surface area contributed by atoms with Gasteiger partial charge in [-0.1, -0.05) is 12.1 Å². The van der Waals surface area contributed by atoms with Crippen LogP contribution in [-0.4, -0.2) is 22.5 Å². The number of benzene rings is 2. The van der Waals surface area contributed by atoms with E-state index in [1.807, 2.05) is 18.2 Å². The van der Waals surface area contributed by atoms with Crippen LogP contribution in [0.1, 0.15) is 5.56 Å². The van der Waals surface area contributed by atoms with Gasteiger partial charge in [-0.2, -0.15) is 0 Å². The van der Waals surface area contributed by atoms with E-state index in [0.29, 0.717) is 18.7 Å². The van der Waals surface area contributed by atoms with Gasteiger partial charge in [0.15, 0.2) is 0 Å². The first-order chi connectivity index (χ1) is 10.7. The van der Waals surface area contributed by atoms with Crippen LogP contribution in [0, 0.1) is 5.82 Å². The molecular formula is C16H15FN4O. The standard InChI is InChI=1S/C16H15FN4O/c17-12-3-1-2-11(8-12)6-7-18-16(22)21-13-4-5-14-15(9-13)20-10-19-14/h1-5,8-10H,6-7H2,(H,19,20)(H2,18,21,22). The average Bonchev–Trinajstić information content (AvgIpc) is 2.95. The number of hydrogen-bond acceptors (Lipinski definition) is 2. The number of hydrogen-bond donors (Lipinski definition) is 3. The van der Waals surface area contributed by atoms with Crippen molar-refractivity contribution in [3.05, 3.63) is 60.2 Å². The summed E-state index contributed by atoms with van der Waals surface area (Å²) in [6.07, 6.45) is 2.18. The first-order valence-corrected chi connectivity index (χ1v) is 6.93. The summed E-state index contributed by atoms with van der Waals surface area (Å²) in [5.41, 5.74) is 3.23. The van der Waals surface area contributed by atoms with E-state index in [0.717, 1.165) is 16.6 Å². The lowest BCUT2D eigenvalue weighted by Crippen LogP contribution is -2.30. The van der Waals surface area contributed by atoms with E-state index in [9.17, 15) is 9.18 Å². The Morgan fingerprint density at radius 1 is 1.23 bits per heavy atom. The number of carbonyl (C=O) groups is 1. The molecule has 3 aromatic rings. The second kappa shape index (κ2) is 6.26. The molecule has 0 bridgehead atoms. The van der Waals surface area contributed by atoms with Crippen molar-refractivity contribution in [2.75, 3.05) is 11.9 Å². The van der Waals surface area contributed by atoms with Crippen molar-refractivity contribution >= 4 is 22.8 Å². The Labute approximate surface area is 126 Å². The molecule has 5 nitrogen and oxygen atoms in total. The number of nitrogens with zero attached hydrogens (tertiary/aromatic N) is 1. The number of rotatable bonds is 4. The van der Waals surface area contributed by atoms with Gasteiger partial charge in [0.2, 0.25) is 0 Å². The van der Waals surface area contributed by atoms with Crippen LogP contribution in [0.2, 0.25) is 0 Å². The molecule has 0 unspecified atom stereocenters. The van der Waals surface area contributed by atoms with Gasteiger partial charge in [-0.15, -0.1) is 0 Å². The number of H-pyrrole nitrogens is 1. The number of nitrogens with one attached hydrogen (secondary N) is 3. The summed E-state index contributed by atoms with van der Waals surface area (Å²) < 4.78 is 13.0. The van der Waals surface area contributed by atoms with Crippen LogP contribution in [0.3, 0.4) is 0 Å². The van der Waals surface area contributed by atoms with E-state index in [4.69, 9.17) is 0 Å². The number of amides is 2. The summed E-state index contributed by atoms with van der Waals surface area (Å²) in [6, 6.07) is 11.5. The largest absolute Gasteiger partial charge is 0.345 e. The second-order valence-corrected chi connectivity index (χ2v) is 4.90. The fourth-order valence-electron chi connectivity index (χ4n) is 2.20.